The number of rotatable bonds is 11. The molecule has 2 aromatic rings. The van der Waals surface area contributed by atoms with Gasteiger partial charge in [0.25, 0.3) is 0 Å². The second kappa shape index (κ2) is 12.9. The number of hydrogen-bond acceptors (Lipinski definition) is 7. The van der Waals surface area contributed by atoms with Gasteiger partial charge >= 0.3 is 0 Å². The normalized spacial score (nSPS) is 20.9. The lowest BCUT2D eigenvalue weighted by molar-refractivity contribution is -0.437. The maximum Gasteiger partial charge on any atom is 0.209 e. The summed E-state index contributed by atoms with van der Waals surface area (Å²) in [5.41, 5.74) is 7.62. The lowest BCUT2D eigenvalue weighted by Crippen LogP contribution is -2.28. The number of halogens is 1. The molecule has 46 heavy (non-hydrogen) atoms. The highest BCUT2D eigenvalue weighted by Gasteiger charge is 2.44. The minimum absolute atomic E-state index is 0.225. The van der Waals surface area contributed by atoms with E-state index < -0.39 is 31.7 Å². The summed E-state index contributed by atoms with van der Waals surface area (Å²) in [4.78, 5) is 2.11. The molecule has 8 nitrogen and oxygen atoms in total. The third kappa shape index (κ3) is 7.11. The van der Waals surface area contributed by atoms with Gasteiger partial charge in [0.05, 0.1) is 25.7 Å². The van der Waals surface area contributed by atoms with Gasteiger partial charge in [-0.25, -0.2) is 16.8 Å². The van der Waals surface area contributed by atoms with Crippen molar-refractivity contribution in [1.82, 2.24) is 0 Å². The molecule has 11 heteroatoms. The first kappa shape index (κ1) is 34.3. The predicted molar refractivity (Wildman–Crippen MR) is 182 cm³/mol. The fourth-order valence-corrected chi connectivity index (χ4v) is 8.21. The van der Waals surface area contributed by atoms with Crippen LogP contribution in [0.5, 0.6) is 0 Å². The molecule has 0 amide bonds. The van der Waals surface area contributed by atoms with Gasteiger partial charge in [-0.15, -0.1) is 0 Å². The minimum atomic E-state index is -4.31. The number of benzene rings is 2. The zero-order valence-corrected chi connectivity index (χ0v) is 29.0. The average molecular weight is 684 g/mol. The Morgan fingerprint density at radius 1 is 0.826 bits per heavy atom. The van der Waals surface area contributed by atoms with Gasteiger partial charge in [0.2, 0.25) is 5.69 Å². The number of hydrogen-bond donors (Lipinski definition) is 0. The first-order valence-corrected chi connectivity index (χ1v) is 19.0. The zero-order chi connectivity index (χ0) is 33.5. The lowest BCUT2D eigenvalue weighted by atomic mass is 9.81. The van der Waals surface area contributed by atoms with Crippen molar-refractivity contribution in [2.24, 2.45) is 0 Å². The summed E-state index contributed by atoms with van der Waals surface area (Å²) in [5, 5.41) is 0.684. The zero-order valence-electron chi connectivity index (χ0n) is 26.6. The van der Waals surface area contributed by atoms with E-state index in [0.29, 0.717) is 18.1 Å². The molecule has 0 unspecified atom stereocenters. The van der Waals surface area contributed by atoms with E-state index in [4.69, 9.17) is 11.6 Å². The molecule has 0 spiro atoms. The Kier molecular flexibility index (Phi) is 9.61. The summed E-state index contributed by atoms with van der Waals surface area (Å²) in [6, 6.07) is 16.1. The molecule has 0 atom stereocenters. The van der Waals surface area contributed by atoms with Crippen LogP contribution in [0.15, 0.2) is 94.7 Å². The van der Waals surface area contributed by atoms with Gasteiger partial charge in [0.1, 0.15) is 6.54 Å². The molecule has 2 heterocycles. The molecule has 0 bridgehead atoms. The maximum absolute atomic E-state index is 11.3. The Balaban J connectivity index is 1.44. The van der Waals surface area contributed by atoms with E-state index in [1.165, 1.54) is 0 Å². The van der Waals surface area contributed by atoms with Crippen molar-refractivity contribution in [1.29, 1.82) is 0 Å². The Morgan fingerprint density at radius 3 is 2.15 bits per heavy atom. The van der Waals surface area contributed by atoms with Crippen LogP contribution in [-0.4, -0.2) is 60.8 Å². The van der Waals surface area contributed by atoms with Crippen LogP contribution in [0.3, 0.4) is 0 Å². The molecule has 0 fully saturated rings. The van der Waals surface area contributed by atoms with Gasteiger partial charge in [-0.2, -0.15) is 4.58 Å². The van der Waals surface area contributed by atoms with Crippen LogP contribution in [0.4, 0.5) is 11.4 Å². The molecule has 0 saturated heterocycles. The average Bonchev–Trinajstić information content (AvgIpc) is 3.50. The minimum Gasteiger partial charge on any atom is -0.748 e. The predicted octanol–water partition coefficient (Wildman–Crippen LogP) is 6.38. The largest absolute Gasteiger partial charge is 0.748 e. The molecular formula is C35H40ClN2O6S2-. The van der Waals surface area contributed by atoms with Crippen LogP contribution in [-0.2, 0) is 31.1 Å². The van der Waals surface area contributed by atoms with Gasteiger partial charge in [0.15, 0.2) is 5.71 Å². The Hall–Kier alpha value is -3.02. The molecule has 3 aliphatic rings. The van der Waals surface area contributed by atoms with Crippen molar-refractivity contribution >= 4 is 48.9 Å². The van der Waals surface area contributed by atoms with E-state index in [2.05, 4.69) is 61.5 Å². The molecule has 0 saturated carbocycles. The monoisotopic (exact) mass is 683 g/mol. The van der Waals surface area contributed by atoms with Crippen LogP contribution in [0, 0.1) is 0 Å². The van der Waals surface area contributed by atoms with E-state index in [9.17, 15) is 25.9 Å². The molecule has 2 aromatic carbocycles. The number of allylic oxidation sites excluding steroid dienone is 8. The third-order valence-corrected chi connectivity index (χ3v) is 11.3. The van der Waals surface area contributed by atoms with Crippen molar-refractivity contribution in [2.75, 3.05) is 29.5 Å². The topological polar surface area (TPSA) is 121 Å². The molecular weight excluding hydrogens is 644 g/mol. The van der Waals surface area contributed by atoms with Crippen molar-refractivity contribution in [3.8, 4) is 0 Å². The quantitative estimate of drug-likeness (QED) is 0.199. The molecule has 1 aliphatic carbocycles. The number of nitrogens with zero attached hydrogens (tertiary/aromatic N) is 2. The van der Waals surface area contributed by atoms with E-state index in [-0.39, 0.29) is 23.7 Å². The Bertz CT molecular complexity index is 1920. The summed E-state index contributed by atoms with van der Waals surface area (Å²) in [5.74, 6) is -0.832. The molecule has 0 radical (unpaired) electrons. The molecule has 0 N–H and O–H groups in total. The highest BCUT2D eigenvalue weighted by atomic mass is 35.5. The standard InChI is InChI=1S/C35H41ClN2O6S2/c1-34(2)27-11-5-7-13-29(27)37(21-9-23-45(39,40)41)31(34)19-17-25-15-16-26(33(25)36)18-20-32-35(3,4)28-12-6-8-14-30(28)38(32)22-10-24-46(42,43)44/h5-8,11-14,17-20H,9-10,15-16,21-24H2,1-4H3,(H-,39,40,41,42,43,44)/p-1. The second-order valence-corrected chi connectivity index (χ2v) is 16.5. The Morgan fingerprint density at radius 2 is 1.46 bits per heavy atom. The van der Waals surface area contributed by atoms with Crippen LogP contribution in [0.25, 0.3) is 0 Å². The fraction of sp³-hybridized carbons (Fsp3) is 0.400. The smallest absolute Gasteiger partial charge is 0.209 e. The third-order valence-electron chi connectivity index (χ3n) is 9.26. The van der Waals surface area contributed by atoms with Crippen molar-refractivity contribution in [3.05, 3.63) is 106 Å². The van der Waals surface area contributed by atoms with Gasteiger partial charge < -0.3 is 14.0 Å². The lowest BCUT2D eigenvalue weighted by Gasteiger charge is -2.27. The van der Waals surface area contributed by atoms with Gasteiger partial charge in [-0.1, -0.05) is 74.0 Å². The number of fused-ring (bicyclic) bond motifs is 2. The molecule has 2 aliphatic heterocycles. The fourth-order valence-electron chi connectivity index (χ4n) is 6.93. The number of para-hydroxylation sites is 2. The summed E-state index contributed by atoms with van der Waals surface area (Å²) in [6.45, 7) is 9.36. The summed E-state index contributed by atoms with van der Waals surface area (Å²) in [7, 11) is -8.61. The highest BCUT2D eigenvalue weighted by Crippen LogP contribution is 2.48. The second-order valence-electron chi connectivity index (χ2n) is 13.1. The first-order valence-electron chi connectivity index (χ1n) is 15.5. The Labute approximate surface area is 278 Å². The highest BCUT2D eigenvalue weighted by molar-refractivity contribution is 7.85. The van der Waals surface area contributed by atoms with Crippen molar-refractivity contribution in [2.45, 2.75) is 64.2 Å². The van der Waals surface area contributed by atoms with E-state index >= 15 is 0 Å². The summed E-state index contributed by atoms with van der Waals surface area (Å²) < 4.78 is 69.9. The van der Waals surface area contributed by atoms with Gasteiger partial charge in [-0.05, 0) is 62.0 Å². The summed E-state index contributed by atoms with van der Waals surface area (Å²) >= 11 is 6.97. The van der Waals surface area contributed by atoms with Crippen LogP contribution in [0.2, 0.25) is 0 Å². The van der Waals surface area contributed by atoms with Crippen molar-refractivity contribution in [3.63, 3.8) is 0 Å². The first-order chi connectivity index (χ1) is 21.5. The molecule has 246 valence electrons. The molecule has 0 aromatic heterocycles. The van der Waals surface area contributed by atoms with Crippen LogP contribution in [0.1, 0.15) is 64.5 Å². The van der Waals surface area contributed by atoms with Gasteiger partial charge in [0, 0.05) is 64.0 Å². The maximum atomic E-state index is 11.3. The van der Waals surface area contributed by atoms with Crippen molar-refractivity contribution < 1.29 is 30.5 Å². The van der Waals surface area contributed by atoms with Crippen LogP contribution < -0.4 is 4.90 Å². The SMILES string of the molecule is CC1(C)C(/C=C/C2=C(Cl)C(=C/C=C3/N(CCCS(=O)(=O)[O-])c4ccccc4C3(C)C)/CC2)=[N+](CCCS(=O)(=O)[O-])c2ccccc21. The van der Waals surface area contributed by atoms with Crippen LogP contribution >= 0.6 is 11.6 Å². The van der Waals surface area contributed by atoms with E-state index in [1.54, 1.807) is 0 Å². The summed E-state index contributed by atoms with van der Waals surface area (Å²) in [6.07, 6.45) is 10.2. The van der Waals surface area contributed by atoms with E-state index in [0.717, 1.165) is 57.9 Å². The van der Waals surface area contributed by atoms with E-state index in [1.807, 2.05) is 48.6 Å². The van der Waals surface area contributed by atoms with Gasteiger partial charge in [-0.3, -0.25) is 0 Å². The number of anilines is 1. The molecule has 5 rings (SSSR count).